The molecule has 28 heavy (non-hydrogen) atoms. The van der Waals surface area contributed by atoms with Gasteiger partial charge in [0.1, 0.15) is 5.78 Å². The molecule has 3 saturated carbocycles. The Labute approximate surface area is 175 Å². The third kappa shape index (κ3) is 3.98. The SMILES string of the molecule is CCCC[C@@]1(C)C(=O)CC[C@H]2[C@@H]3CC[C@H]([C@H](C)CCCC(C)C)[C@@]3(C)CC[C@@H]21. The summed E-state index contributed by atoms with van der Waals surface area (Å²) in [5.74, 6) is 5.63. The first-order valence-corrected chi connectivity index (χ1v) is 12.8. The molecule has 0 saturated heterocycles. The van der Waals surface area contributed by atoms with Crippen molar-refractivity contribution in [3.63, 3.8) is 0 Å². The van der Waals surface area contributed by atoms with Gasteiger partial charge in [0, 0.05) is 11.8 Å². The van der Waals surface area contributed by atoms with Crippen LogP contribution in [0.4, 0.5) is 0 Å². The topological polar surface area (TPSA) is 17.1 Å². The standard InChI is InChI=1S/C27H48O/c1-7-8-17-27(6)24-16-18-26(5)22(20(4)11-9-10-19(2)3)13-14-23(26)21(24)12-15-25(27)28/h19-24H,7-18H2,1-6H3/t20-,21+,22-,23+,24+,26-,27-/m1/s1. The van der Waals surface area contributed by atoms with Crippen molar-refractivity contribution in [2.75, 3.05) is 0 Å². The van der Waals surface area contributed by atoms with Gasteiger partial charge in [0.25, 0.3) is 0 Å². The number of hydrogen-bond acceptors (Lipinski definition) is 1. The number of fused-ring (bicyclic) bond motifs is 3. The van der Waals surface area contributed by atoms with Crippen LogP contribution in [0.2, 0.25) is 0 Å². The quantitative estimate of drug-likeness (QED) is 0.411. The van der Waals surface area contributed by atoms with Crippen LogP contribution in [0.3, 0.4) is 0 Å². The predicted octanol–water partition coefficient (Wildman–Crippen LogP) is 8.07. The highest BCUT2D eigenvalue weighted by Crippen LogP contribution is 2.65. The Bertz CT molecular complexity index is 536. The van der Waals surface area contributed by atoms with E-state index in [4.69, 9.17) is 0 Å². The zero-order valence-electron chi connectivity index (χ0n) is 19.9. The van der Waals surface area contributed by atoms with E-state index in [9.17, 15) is 4.79 Å². The Morgan fingerprint density at radius 3 is 2.39 bits per heavy atom. The summed E-state index contributed by atoms with van der Waals surface area (Å²) in [6.45, 7) is 14.6. The Balaban J connectivity index is 1.72. The van der Waals surface area contributed by atoms with Gasteiger partial charge in [-0.25, -0.2) is 0 Å². The molecule has 0 unspecified atom stereocenters. The molecule has 0 amide bonds. The second-order valence-electron chi connectivity index (χ2n) is 11.9. The van der Waals surface area contributed by atoms with Gasteiger partial charge in [-0.2, -0.15) is 0 Å². The lowest BCUT2D eigenvalue weighted by Crippen LogP contribution is -2.52. The molecule has 0 spiro atoms. The first-order valence-electron chi connectivity index (χ1n) is 12.8. The van der Waals surface area contributed by atoms with E-state index in [0.29, 0.717) is 17.1 Å². The van der Waals surface area contributed by atoms with Gasteiger partial charge in [0.05, 0.1) is 0 Å². The number of hydrogen-bond donors (Lipinski definition) is 0. The molecule has 0 radical (unpaired) electrons. The fraction of sp³-hybridized carbons (Fsp3) is 0.963. The lowest BCUT2D eigenvalue weighted by atomic mass is 9.48. The Morgan fingerprint density at radius 1 is 0.964 bits per heavy atom. The van der Waals surface area contributed by atoms with Gasteiger partial charge < -0.3 is 0 Å². The average molecular weight is 389 g/mol. The number of unbranched alkanes of at least 4 members (excludes halogenated alkanes) is 1. The van der Waals surface area contributed by atoms with Crippen LogP contribution in [0.1, 0.15) is 119 Å². The van der Waals surface area contributed by atoms with E-state index in [1.54, 1.807) is 0 Å². The molecule has 3 rings (SSSR count). The van der Waals surface area contributed by atoms with E-state index in [1.807, 2.05) is 0 Å². The third-order valence-corrected chi connectivity index (χ3v) is 9.85. The number of carbonyl (C=O) groups is 1. The van der Waals surface area contributed by atoms with Gasteiger partial charge >= 0.3 is 0 Å². The lowest BCUT2D eigenvalue weighted by molar-refractivity contribution is -0.146. The first-order chi connectivity index (χ1) is 13.2. The van der Waals surface area contributed by atoms with Crippen LogP contribution in [0.5, 0.6) is 0 Å². The van der Waals surface area contributed by atoms with Crippen molar-refractivity contribution in [3.8, 4) is 0 Å². The molecular weight excluding hydrogens is 340 g/mol. The summed E-state index contributed by atoms with van der Waals surface area (Å²) in [5.41, 5.74) is 0.533. The van der Waals surface area contributed by atoms with Gasteiger partial charge in [-0.3, -0.25) is 4.79 Å². The smallest absolute Gasteiger partial charge is 0.139 e. The zero-order valence-corrected chi connectivity index (χ0v) is 19.9. The van der Waals surface area contributed by atoms with Gasteiger partial charge in [-0.1, -0.05) is 73.6 Å². The van der Waals surface area contributed by atoms with Gasteiger partial charge in [0.2, 0.25) is 0 Å². The molecular formula is C27H48O. The monoisotopic (exact) mass is 388 g/mol. The minimum Gasteiger partial charge on any atom is -0.299 e. The summed E-state index contributed by atoms with van der Waals surface area (Å²) < 4.78 is 0. The van der Waals surface area contributed by atoms with Crippen LogP contribution in [-0.4, -0.2) is 5.78 Å². The molecule has 0 N–H and O–H groups in total. The Morgan fingerprint density at radius 2 is 1.71 bits per heavy atom. The van der Waals surface area contributed by atoms with Crippen LogP contribution in [0.25, 0.3) is 0 Å². The Hall–Kier alpha value is -0.330. The van der Waals surface area contributed by atoms with E-state index in [2.05, 4.69) is 41.5 Å². The van der Waals surface area contributed by atoms with Gasteiger partial charge in [-0.05, 0) is 79.4 Å². The molecule has 0 aromatic carbocycles. The molecule has 0 aliphatic heterocycles. The minimum atomic E-state index is -0.0127. The summed E-state index contributed by atoms with van der Waals surface area (Å²) in [6, 6.07) is 0. The molecule has 162 valence electrons. The van der Waals surface area contributed by atoms with Crippen molar-refractivity contribution < 1.29 is 4.79 Å². The van der Waals surface area contributed by atoms with E-state index < -0.39 is 0 Å². The average Bonchev–Trinajstić information content (AvgIpc) is 3.00. The second kappa shape index (κ2) is 8.81. The van der Waals surface area contributed by atoms with Gasteiger partial charge in [-0.15, -0.1) is 0 Å². The summed E-state index contributed by atoms with van der Waals surface area (Å²) in [7, 11) is 0. The van der Waals surface area contributed by atoms with Crippen molar-refractivity contribution in [2.45, 2.75) is 119 Å². The van der Waals surface area contributed by atoms with E-state index >= 15 is 0 Å². The first kappa shape index (κ1) is 22.4. The van der Waals surface area contributed by atoms with E-state index in [1.165, 1.54) is 64.2 Å². The highest BCUT2D eigenvalue weighted by molar-refractivity contribution is 5.85. The number of carbonyl (C=O) groups excluding carboxylic acids is 1. The molecule has 1 nitrogen and oxygen atoms in total. The fourth-order valence-corrected chi connectivity index (χ4v) is 8.16. The normalized spacial score (nSPS) is 41.8. The van der Waals surface area contributed by atoms with Crippen molar-refractivity contribution in [1.29, 1.82) is 0 Å². The summed E-state index contributed by atoms with van der Waals surface area (Å²) >= 11 is 0. The van der Waals surface area contributed by atoms with Crippen molar-refractivity contribution in [2.24, 2.45) is 46.3 Å². The molecule has 7 atom stereocenters. The maximum absolute atomic E-state index is 13.0. The molecule has 0 bridgehead atoms. The number of Topliss-reactive ketones (excluding diaryl/α,β-unsaturated/α-hetero) is 1. The van der Waals surface area contributed by atoms with Crippen LogP contribution >= 0.6 is 0 Å². The molecule has 0 aromatic rings. The van der Waals surface area contributed by atoms with E-state index in [-0.39, 0.29) is 5.41 Å². The molecule has 3 fully saturated rings. The molecule has 0 heterocycles. The van der Waals surface area contributed by atoms with Crippen molar-refractivity contribution >= 4 is 5.78 Å². The zero-order chi connectivity index (χ0) is 20.5. The minimum absolute atomic E-state index is 0.0127. The van der Waals surface area contributed by atoms with Crippen LogP contribution in [0.15, 0.2) is 0 Å². The summed E-state index contributed by atoms with van der Waals surface area (Å²) in [6.07, 6.45) is 15.5. The van der Waals surface area contributed by atoms with Crippen LogP contribution in [0, 0.1) is 46.3 Å². The molecule has 1 heteroatoms. The molecule has 3 aliphatic carbocycles. The lowest BCUT2D eigenvalue weighted by Gasteiger charge is -2.56. The van der Waals surface area contributed by atoms with E-state index in [0.717, 1.165) is 42.4 Å². The largest absolute Gasteiger partial charge is 0.299 e. The second-order valence-corrected chi connectivity index (χ2v) is 11.9. The number of rotatable bonds is 8. The van der Waals surface area contributed by atoms with Gasteiger partial charge in [0.15, 0.2) is 0 Å². The summed E-state index contributed by atoms with van der Waals surface area (Å²) in [5, 5.41) is 0. The van der Waals surface area contributed by atoms with Crippen molar-refractivity contribution in [1.82, 2.24) is 0 Å². The highest BCUT2D eigenvalue weighted by Gasteiger charge is 2.59. The molecule has 3 aliphatic rings. The van der Waals surface area contributed by atoms with Crippen molar-refractivity contribution in [3.05, 3.63) is 0 Å². The molecule has 0 aromatic heterocycles. The summed E-state index contributed by atoms with van der Waals surface area (Å²) in [4.78, 5) is 13.0. The maximum Gasteiger partial charge on any atom is 0.139 e. The number of ketones is 1. The third-order valence-electron chi connectivity index (χ3n) is 9.85. The maximum atomic E-state index is 13.0. The highest BCUT2D eigenvalue weighted by atomic mass is 16.1. The van der Waals surface area contributed by atoms with Crippen LogP contribution in [-0.2, 0) is 4.79 Å². The van der Waals surface area contributed by atoms with Crippen LogP contribution < -0.4 is 0 Å². The Kier molecular flexibility index (Phi) is 7.03. The fourth-order valence-electron chi connectivity index (χ4n) is 8.16. The predicted molar refractivity (Wildman–Crippen MR) is 120 cm³/mol.